The second-order valence-corrected chi connectivity index (χ2v) is 5.13. The first-order valence-electron chi connectivity index (χ1n) is 6.89. The summed E-state index contributed by atoms with van der Waals surface area (Å²) in [4.78, 5) is 6.65. The van der Waals surface area contributed by atoms with Gasteiger partial charge in [-0.15, -0.1) is 0 Å². The average Bonchev–Trinajstić information content (AvgIpc) is 3.15. The summed E-state index contributed by atoms with van der Waals surface area (Å²) in [6.07, 6.45) is 4.36. The normalized spacial score (nSPS) is 17.6. The fourth-order valence-electron chi connectivity index (χ4n) is 2.03. The van der Waals surface area contributed by atoms with E-state index in [2.05, 4.69) is 34.5 Å². The Morgan fingerprint density at radius 3 is 2.89 bits per heavy atom. The van der Waals surface area contributed by atoms with E-state index in [1.807, 2.05) is 12.1 Å². The summed E-state index contributed by atoms with van der Waals surface area (Å²) in [5.41, 5.74) is 0. The van der Waals surface area contributed by atoms with Crippen molar-refractivity contribution in [3.05, 3.63) is 24.2 Å². The topological polar surface area (TPSA) is 52.8 Å². The van der Waals surface area contributed by atoms with E-state index in [0.717, 1.165) is 24.3 Å². The lowest BCUT2D eigenvalue weighted by Crippen LogP contribution is -2.45. The molecule has 1 heterocycles. The molecule has 1 aliphatic carbocycles. The molecule has 0 amide bonds. The Kier molecular flexibility index (Phi) is 4.85. The molecule has 0 saturated heterocycles. The molecule has 2 N–H and O–H groups in total. The highest BCUT2D eigenvalue weighted by atomic mass is 16.3. The molecule has 5 heteroatoms. The Hall–Kier alpha value is -1.49. The number of guanidine groups is 1. The molecule has 2 rings (SSSR count). The Labute approximate surface area is 115 Å². The highest BCUT2D eigenvalue weighted by molar-refractivity contribution is 5.79. The van der Waals surface area contributed by atoms with Crippen molar-refractivity contribution in [2.24, 2.45) is 4.99 Å². The average molecular weight is 264 g/mol. The lowest BCUT2D eigenvalue weighted by atomic mass is 10.3. The van der Waals surface area contributed by atoms with Gasteiger partial charge in [0.15, 0.2) is 5.96 Å². The zero-order valence-electron chi connectivity index (χ0n) is 12.0. The minimum atomic E-state index is 0.509. The Bertz CT molecular complexity index is 398. The maximum Gasteiger partial charge on any atom is 0.191 e. The van der Waals surface area contributed by atoms with Crippen LogP contribution in [0.2, 0.25) is 0 Å². The van der Waals surface area contributed by atoms with Crippen molar-refractivity contribution in [2.45, 2.75) is 38.4 Å². The van der Waals surface area contributed by atoms with Crippen molar-refractivity contribution in [2.75, 3.05) is 20.6 Å². The van der Waals surface area contributed by atoms with Crippen molar-refractivity contribution < 1.29 is 4.42 Å². The molecule has 0 spiro atoms. The number of nitrogens with one attached hydrogen (secondary N) is 2. The van der Waals surface area contributed by atoms with Crippen LogP contribution in [0, 0.1) is 0 Å². The molecule has 1 fully saturated rings. The number of aliphatic imine (C=N–C) groups is 1. The second-order valence-electron chi connectivity index (χ2n) is 5.13. The SMILES string of the molecule is CN=C(NCc1ccco1)NCC(C)N(C)C1CC1. The maximum absolute atomic E-state index is 5.28. The molecule has 1 aromatic rings. The third kappa shape index (κ3) is 4.28. The summed E-state index contributed by atoms with van der Waals surface area (Å²) in [6, 6.07) is 5.13. The summed E-state index contributed by atoms with van der Waals surface area (Å²) in [7, 11) is 3.98. The van der Waals surface area contributed by atoms with Crippen molar-refractivity contribution in [3.8, 4) is 0 Å². The van der Waals surface area contributed by atoms with Gasteiger partial charge in [0.2, 0.25) is 0 Å². The molecule has 1 atom stereocenters. The number of likely N-dealkylation sites (N-methyl/N-ethyl adjacent to an activating group) is 1. The van der Waals surface area contributed by atoms with Crippen LogP contribution in [0.5, 0.6) is 0 Å². The molecule has 19 heavy (non-hydrogen) atoms. The quantitative estimate of drug-likeness (QED) is 0.603. The van der Waals surface area contributed by atoms with Gasteiger partial charge in [-0.05, 0) is 38.9 Å². The van der Waals surface area contributed by atoms with E-state index in [9.17, 15) is 0 Å². The number of rotatable bonds is 6. The van der Waals surface area contributed by atoms with E-state index in [4.69, 9.17) is 4.42 Å². The first-order valence-corrected chi connectivity index (χ1v) is 6.89. The minimum absolute atomic E-state index is 0.509. The van der Waals surface area contributed by atoms with Gasteiger partial charge >= 0.3 is 0 Å². The fourth-order valence-corrected chi connectivity index (χ4v) is 2.03. The van der Waals surface area contributed by atoms with Crippen LogP contribution >= 0.6 is 0 Å². The Morgan fingerprint density at radius 1 is 1.53 bits per heavy atom. The van der Waals surface area contributed by atoms with Gasteiger partial charge in [-0.2, -0.15) is 0 Å². The molecule has 1 aliphatic rings. The van der Waals surface area contributed by atoms with Crippen molar-refractivity contribution >= 4 is 5.96 Å². The number of hydrogen-bond donors (Lipinski definition) is 2. The van der Waals surface area contributed by atoms with E-state index in [-0.39, 0.29) is 0 Å². The predicted octanol–water partition coefficient (Wildman–Crippen LogP) is 1.43. The molecule has 0 radical (unpaired) electrons. The minimum Gasteiger partial charge on any atom is -0.467 e. The van der Waals surface area contributed by atoms with Crippen LogP contribution in [0.25, 0.3) is 0 Å². The van der Waals surface area contributed by atoms with Crippen LogP contribution in [-0.2, 0) is 6.54 Å². The molecular weight excluding hydrogens is 240 g/mol. The van der Waals surface area contributed by atoms with Crippen LogP contribution in [0.1, 0.15) is 25.5 Å². The zero-order valence-corrected chi connectivity index (χ0v) is 12.0. The van der Waals surface area contributed by atoms with Crippen LogP contribution in [0.15, 0.2) is 27.8 Å². The largest absolute Gasteiger partial charge is 0.467 e. The number of furan rings is 1. The van der Waals surface area contributed by atoms with Gasteiger partial charge in [-0.3, -0.25) is 9.89 Å². The van der Waals surface area contributed by atoms with Crippen LogP contribution < -0.4 is 10.6 Å². The van der Waals surface area contributed by atoms with Gasteiger partial charge in [0.05, 0.1) is 12.8 Å². The van der Waals surface area contributed by atoms with E-state index in [1.54, 1.807) is 13.3 Å². The summed E-state index contributed by atoms with van der Waals surface area (Å²) in [6.45, 7) is 3.79. The molecule has 1 unspecified atom stereocenters. The van der Waals surface area contributed by atoms with Gasteiger partial charge in [0, 0.05) is 25.7 Å². The van der Waals surface area contributed by atoms with Crippen molar-refractivity contribution in [3.63, 3.8) is 0 Å². The van der Waals surface area contributed by atoms with Crippen LogP contribution in [0.3, 0.4) is 0 Å². The van der Waals surface area contributed by atoms with Crippen LogP contribution in [0.4, 0.5) is 0 Å². The van der Waals surface area contributed by atoms with Gasteiger partial charge in [-0.1, -0.05) is 0 Å². The fraction of sp³-hybridized carbons (Fsp3) is 0.643. The molecule has 0 aliphatic heterocycles. The van der Waals surface area contributed by atoms with Crippen LogP contribution in [-0.4, -0.2) is 43.6 Å². The third-order valence-corrected chi connectivity index (χ3v) is 3.62. The van der Waals surface area contributed by atoms with E-state index >= 15 is 0 Å². The second kappa shape index (κ2) is 6.61. The predicted molar refractivity (Wildman–Crippen MR) is 77.2 cm³/mol. The lowest BCUT2D eigenvalue weighted by Gasteiger charge is -2.25. The first-order chi connectivity index (χ1) is 9.20. The summed E-state index contributed by atoms with van der Waals surface area (Å²) in [5.74, 6) is 1.72. The Balaban J connectivity index is 1.70. The molecule has 106 valence electrons. The molecule has 1 aromatic heterocycles. The Morgan fingerprint density at radius 2 is 2.32 bits per heavy atom. The van der Waals surface area contributed by atoms with Crippen molar-refractivity contribution in [1.82, 2.24) is 15.5 Å². The maximum atomic E-state index is 5.28. The molecule has 0 bridgehead atoms. The van der Waals surface area contributed by atoms with E-state index in [0.29, 0.717) is 12.6 Å². The molecule has 1 saturated carbocycles. The highest BCUT2D eigenvalue weighted by Gasteiger charge is 2.28. The standard InChI is InChI=1S/C14H24N4O/c1-11(18(3)12-6-7-12)9-16-14(15-2)17-10-13-5-4-8-19-13/h4-5,8,11-12H,6-7,9-10H2,1-3H3,(H2,15,16,17). The highest BCUT2D eigenvalue weighted by Crippen LogP contribution is 2.26. The summed E-state index contributed by atoms with van der Waals surface area (Å²) in [5, 5.41) is 6.59. The molecular formula is C14H24N4O. The number of nitrogens with zero attached hydrogens (tertiary/aromatic N) is 2. The smallest absolute Gasteiger partial charge is 0.191 e. The van der Waals surface area contributed by atoms with Gasteiger partial charge in [0.25, 0.3) is 0 Å². The molecule has 0 aromatic carbocycles. The van der Waals surface area contributed by atoms with E-state index in [1.165, 1.54) is 12.8 Å². The third-order valence-electron chi connectivity index (χ3n) is 3.62. The van der Waals surface area contributed by atoms with Gasteiger partial charge < -0.3 is 15.1 Å². The zero-order chi connectivity index (χ0) is 13.7. The summed E-state index contributed by atoms with van der Waals surface area (Å²) >= 11 is 0. The van der Waals surface area contributed by atoms with Crippen molar-refractivity contribution in [1.29, 1.82) is 0 Å². The van der Waals surface area contributed by atoms with E-state index < -0.39 is 0 Å². The summed E-state index contributed by atoms with van der Waals surface area (Å²) < 4.78 is 5.28. The van der Waals surface area contributed by atoms with Gasteiger partial charge in [0.1, 0.15) is 5.76 Å². The molecule has 5 nitrogen and oxygen atoms in total. The lowest BCUT2D eigenvalue weighted by molar-refractivity contribution is 0.247. The number of hydrogen-bond acceptors (Lipinski definition) is 3. The van der Waals surface area contributed by atoms with Gasteiger partial charge in [-0.25, -0.2) is 0 Å². The monoisotopic (exact) mass is 264 g/mol. The first kappa shape index (κ1) is 13.9.